The van der Waals surface area contributed by atoms with Crippen LogP contribution >= 0.6 is 11.6 Å². The van der Waals surface area contributed by atoms with E-state index in [4.69, 9.17) is 16.3 Å². The summed E-state index contributed by atoms with van der Waals surface area (Å²) in [6.07, 6.45) is 34.3. The number of hydrogen-bond acceptors (Lipinski definition) is 1. The standard InChI is InChI=1S/C31H63ClO/c1-4-7-9-11-13-14-16-21-25-29-33-31(6-3)28-24-20-17-19-23-27-30(32)26-22-18-15-12-10-8-5-2/h30-31H,4-29H2,1-3H3. The van der Waals surface area contributed by atoms with Gasteiger partial charge in [0.15, 0.2) is 0 Å². The summed E-state index contributed by atoms with van der Waals surface area (Å²) in [6.45, 7) is 7.84. The van der Waals surface area contributed by atoms with Crippen LogP contribution in [0.3, 0.4) is 0 Å². The average molecular weight is 487 g/mol. The van der Waals surface area contributed by atoms with Gasteiger partial charge in [0.1, 0.15) is 0 Å². The second-order valence-electron chi connectivity index (χ2n) is 10.6. The topological polar surface area (TPSA) is 9.23 Å². The SMILES string of the molecule is CCCCCCCCCCCOC(CC)CCCCCCCC(Cl)CCCCCCCCC. The third-order valence-corrected chi connectivity index (χ3v) is 7.66. The van der Waals surface area contributed by atoms with Crippen LogP contribution in [0, 0.1) is 0 Å². The van der Waals surface area contributed by atoms with Gasteiger partial charge in [0, 0.05) is 12.0 Å². The molecule has 0 aliphatic heterocycles. The van der Waals surface area contributed by atoms with E-state index in [2.05, 4.69) is 20.8 Å². The molecule has 0 amide bonds. The van der Waals surface area contributed by atoms with E-state index in [0.717, 1.165) is 6.61 Å². The molecule has 0 bridgehead atoms. The van der Waals surface area contributed by atoms with Gasteiger partial charge in [-0.05, 0) is 32.1 Å². The zero-order chi connectivity index (χ0) is 24.2. The van der Waals surface area contributed by atoms with Gasteiger partial charge in [-0.15, -0.1) is 11.6 Å². The predicted molar refractivity (Wildman–Crippen MR) is 152 cm³/mol. The first-order chi connectivity index (χ1) is 16.2. The first-order valence-corrected chi connectivity index (χ1v) is 15.9. The zero-order valence-electron chi connectivity index (χ0n) is 23.3. The molecule has 0 saturated carbocycles. The Morgan fingerprint density at radius 3 is 1.24 bits per heavy atom. The molecule has 0 radical (unpaired) electrons. The van der Waals surface area contributed by atoms with E-state index in [1.54, 1.807) is 0 Å². The van der Waals surface area contributed by atoms with Gasteiger partial charge < -0.3 is 4.74 Å². The third-order valence-electron chi connectivity index (χ3n) is 7.22. The summed E-state index contributed by atoms with van der Waals surface area (Å²) in [5.74, 6) is 0. The lowest BCUT2D eigenvalue weighted by Gasteiger charge is -2.16. The molecule has 0 aliphatic carbocycles. The number of halogens is 1. The molecule has 0 rings (SSSR count). The van der Waals surface area contributed by atoms with Crippen molar-refractivity contribution in [2.75, 3.05) is 6.61 Å². The summed E-state index contributed by atoms with van der Waals surface area (Å²) in [7, 11) is 0. The maximum absolute atomic E-state index is 6.54. The number of ether oxygens (including phenoxy) is 1. The van der Waals surface area contributed by atoms with Crippen LogP contribution in [-0.4, -0.2) is 18.1 Å². The van der Waals surface area contributed by atoms with Crippen LogP contribution < -0.4 is 0 Å². The second kappa shape index (κ2) is 28.5. The van der Waals surface area contributed by atoms with Crippen LogP contribution in [0.5, 0.6) is 0 Å². The molecule has 0 aromatic heterocycles. The Bertz CT molecular complexity index is 346. The van der Waals surface area contributed by atoms with Gasteiger partial charge in [0.05, 0.1) is 6.10 Å². The molecule has 1 nitrogen and oxygen atoms in total. The molecular weight excluding hydrogens is 424 g/mol. The van der Waals surface area contributed by atoms with Crippen molar-refractivity contribution in [1.82, 2.24) is 0 Å². The summed E-state index contributed by atoms with van der Waals surface area (Å²) in [6, 6.07) is 0. The number of hydrogen-bond donors (Lipinski definition) is 0. The second-order valence-corrected chi connectivity index (χ2v) is 11.2. The highest BCUT2D eigenvalue weighted by molar-refractivity contribution is 6.20. The molecule has 33 heavy (non-hydrogen) atoms. The quantitative estimate of drug-likeness (QED) is 0.0788. The molecule has 0 heterocycles. The minimum Gasteiger partial charge on any atom is -0.378 e. The van der Waals surface area contributed by atoms with Gasteiger partial charge in [0.2, 0.25) is 0 Å². The predicted octanol–water partition coefficient (Wildman–Crippen LogP) is 11.8. The Balaban J connectivity index is 3.37. The molecule has 0 N–H and O–H groups in total. The molecule has 0 aromatic carbocycles. The fourth-order valence-electron chi connectivity index (χ4n) is 4.80. The summed E-state index contributed by atoms with van der Waals surface area (Å²) in [5, 5.41) is 0.416. The number of unbranched alkanes of at least 4 members (excludes halogenated alkanes) is 18. The molecule has 0 saturated heterocycles. The summed E-state index contributed by atoms with van der Waals surface area (Å²) in [4.78, 5) is 0. The zero-order valence-corrected chi connectivity index (χ0v) is 24.1. The van der Waals surface area contributed by atoms with E-state index >= 15 is 0 Å². The Morgan fingerprint density at radius 2 is 0.818 bits per heavy atom. The molecule has 2 atom stereocenters. The fraction of sp³-hybridized carbons (Fsp3) is 1.00. The highest BCUT2D eigenvalue weighted by Gasteiger charge is 2.07. The van der Waals surface area contributed by atoms with Crippen molar-refractivity contribution in [3.05, 3.63) is 0 Å². The normalized spacial score (nSPS) is 13.5. The monoisotopic (exact) mass is 486 g/mol. The summed E-state index contributed by atoms with van der Waals surface area (Å²) in [5.41, 5.74) is 0. The largest absolute Gasteiger partial charge is 0.378 e. The van der Waals surface area contributed by atoms with Gasteiger partial charge in [-0.25, -0.2) is 0 Å². The lowest BCUT2D eigenvalue weighted by atomic mass is 10.0. The minimum absolute atomic E-state index is 0.416. The minimum atomic E-state index is 0.416. The number of alkyl halides is 1. The van der Waals surface area contributed by atoms with Crippen molar-refractivity contribution in [2.24, 2.45) is 0 Å². The van der Waals surface area contributed by atoms with Gasteiger partial charge in [-0.2, -0.15) is 0 Å². The maximum atomic E-state index is 6.54. The Hall–Kier alpha value is 0.250. The van der Waals surface area contributed by atoms with Crippen molar-refractivity contribution in [3.8, 4) is 0 Å². The van der Waals surface area contributed by atoms with Crippen molar-refractivity contribution >= 4 is 11.6 Å². The third kappa shape index (κ3) is 26.7. The van der Waals surface area contributed by atoms with Gasteiger partial charge in [0.25, 0.3) is 0 Å². The highest BCUT2D eigenvalue weighted by Crippen LogP contribution is 2.19. The first-order valence-electron chi connectivity index (χ1n) is 15.5. The first kappa shape index (κ1) is 33.2. The van der Waals surface area contributed by atoms with E-state index in [1.807, 2.05) is 0 Å². The lowest BCUT2D eigenvalue weighted by Crippen LogP contribution is -2.12. The van der Waals surface area contributed by atoms with Crippen molar-refractivity contribution < 1.29 is 4.74 Å². The highest BCUT2D eigenvalue weighted by atomic mass is 35.5. The van der Waals surface area contributed by atoms with Gasteiger partial charge >= 0.3 is 0 Å². The fourth-order valence-corrected chi connectivity index (χ4v) is 5.11. The van der Waals surface area contributed by atoms with Crippen molar-refractivity contribution in [2.45, 2.75) is 193 Å². The van der Waals surface area contributed by atoms with Gasteiger partial charge in [-0.3, -0.25) is 0 Å². The van der Waals surface area contributed by atoms with E-state index in [9.17, 15) is 0 Å². The molecule has 2 unspecified atom stereocenters. The summed E-state index contributed by atoms with van der Waals surface area (Å²) >= 11 is 6.54. The average Bonchev–Trinajstić information content (AvgIpc) is 2.82. The Kier molecular flexibility index (Phi) is 28.7. The van der Waals surface area contributed by atoms with E-state index in [0.29, 0.717) is 11.5 Å². The van der Waals surface area contributed by atoms with Crippen LogP contribution in [0.15, 0.2) is 0 Å². The molecular formula is C31H63ClO. The van der Waals surface area contributed by atoms with Crippen LogP contribution in [0.4, 0.5) is 0 Å². The smallest absolute Gasteiger partial charge is 0.0572 e. The Labute approximate surface area is 215 Å². The van der Waals surface area contributed by atoms with Crippen molar-refractivity contribution in [3.63, 3.8) is 0 Å². The molecule has 0 aliphatic rings. The van der Waals surface area contributed by atoms with Crippen LogP contribution in [0.1, 0.15) is 181 Å². The van der Waals surface area contributed by atoms with Crippen LogP contribution in [0.25, 0.3) is 0 Å². The lowest BCUT2D eigenvalue weighted by molar-refractivity contribution is 0.0406. The number of rotatable bonds is 28. The molecule has 0 aromatic rings. The maximum Gasteiger partial charge on any atom is 0.0572 e. The van der Waals surface area contributed by atoms with Gasteiger partial charge in [-0.1, -0.05) is 149 Å². The Morgan fingerprint density at radius 1 is 0.455 bits per heavy atom. The summed E-state index contributed by atoms with van der Waals surface area (Å²) < 4.78 is 6.17. The van der Waals surface area contributed by atoms with E-state index < -0.39 is 0 Å². The van der Waals surface area contributed by atoms with E-state index in [1.165, 1.54) is 161 Å². The van der Waals surface area contributed by atoms with Crippen LogP contribution in [0.2, 0.25) is 0 Å². The van der Waals surface area contributed by atoms with Crippen molar-refractivity contribution in [1.29, 1.82) is 0 Å². The molecule has 2 heteroatoms. The molecule has 0 fully saturated rings. The molecule has 0 spiro atoms. The van der Waals surface area contributed by atoms with E-state index in [-0.39, 0.29) is 0 Å². The molecule has 200 valence electrons. The van der Waals surface area contributed by atoms with Crippen LogP contribution in [-0.2, 0) is 4.74 Å².